The molecular formula is C19H20FNO5. The highest BCUT2D eigenvalue weighted by Crippen LogP contribution is 2.19. The Bertz CT molecular complexity index is 761. The van der Waals surface area contributed by atoms with Crippen LogP contribution in [0.2, 0.25) is 0 Å². The van der Waals surface area contributed by atoms with Crippen LogP contribution in [0.5, 0.6) is 11.5 Å². The first-order chi connectivity index (χ1) is 12.5. The summed E-state index contributed by atoms with van der Waals surface area (Å²) in [5, 5.41) is 11.3. The van der Waals surface area contributed by atoms with Gasteiger partial charge in [-0.1, -0.05) is 12.1 Å². The van der Waals surface area contributed by atoms with Crippen molar-refractivity contribution in [2.45, 2.75) is 12.8 Å². The Morgan fingerprint density at radius 2 is 1.88 bits per heavy atom. The fourth-order valence-corrected chi connectivity index (χ4v) is 2.36. The summed E-state index contributed by atoms with van der Waals surface area (Å²) in [5.41, 5.74) is 1.46. The summed E-state index contributed by atoms with van der Waals surface area (Å²) < 4.78 is 23.5. The minimum atomic E-state index is -1.04. The Morgan fingerprint density at radius 1 is 1.15 bits per heavy atom. The number of benzene rings is 2. The molecule has 2 rings (SSSR count). The van der Waals surface area contributed by atoms with Crippen LogP contribution in [-0.4, -0.2) is 37.2 Å². The second kappa shape index (κ2) is 9.41. The highest BCUT2D eigenvalue weighted by molar-refractivity contribution is 5.79. The summed E-state index contributed by atoms with van der Waals surface area (Å²) in [7, 11) is 1.47. The summed E-state index contributed by atoms with van der Waals surface area (Å²) >= 11 is 0. The number of hydrogen-bond acceptors (Lipinski definition) is 4. The normalized spacial score (nSPS) is 10.2. The lowest BCUT2D eigenvalue weighted by Crippen LogP contribution is -2.27. The second-order valence-corrected chi connectivity index (χ2v) is 5.56. The zero-order chi connectivity index (χ0) is 18.9. The molecular weight excluding hydrogens is 341 g/mol. The molecule has 0 bridgehead atoms. The molecule has 2 aromatic carbocycles. The van der Waals surface area contributed by atoms with Crippen molar-refractivity contribution in [1.29, 1.82) is 0 Å². The van der Waals surface area contributed by atoms with Crippen molar-refractivity contribution in [3.8, 4) is 11.5 Å². The Morgan fingerprint density at radius 3 is 2.54 bits per heavy atom. The average Bonchev–Trinajstić information content (AvgIpc) is 2.61. The fraction of sp³-hybridized carbons (Fsp3) is 0.263. The van der Waals surface area contributed by atoms with Crippen molar-refractivity contribution in [3.05, 3.63) is 59.4 Å². The van der Waals surface area contributed by atoms with Gasteiger partial charge in [0.2, 0.25) is 5.91 Å². The Balaban J connectivity index is 1.79. The number of carboxylic acid groups (broad SMARTS) is 1. The number of amides is 1. The molecule has 0 aliphatic heterocycles. The van der Waals surface area contributed by atoms with Gasteiger partial charge in [0.1, 0.15) is 17.3 Å². The van der Waals surface area contributed by atoms with Gasteiger partial charge in [0.25, 0.3) is 0 Å². The highest BCUT2D eigenvalue weighted by atomic mass is 19.1. The van der Waals surface area contributed by atoms with Crippen LogP contribution in [0.4, 0.5) is 4.39 Å². The van der Waals surface area contributed by atoms with Gasteiger partial charge in [-0.25, -0.2) is 9.18 Å². The van der Waals surface area contributed by atoms with Crippen molar-refractivity contribution in [2.24, 2.45) is 0 Å². The van der Waals surface area contributed by atoms with E-state index < -0.39 is 11.8 Å². The highest BCUT2D eigenvalue weighted by Gasteiger charge is 2.10. The Kier molecular flexibility index (Phi) is 6.96. The molecule has 1 amide bonds. The molecule has 0 spiro atoms. The average molecular weight is 361 g/mol. The molecule has 6 nitrogen and oxygen atoms in total. The summed E-state index contributed by atoms with van der Waals surface area (Å²) in [6.45, 7) is 0.0325. The molecule has 0 fully saturated rings. The van der Waals surface area contributed by atoms with E-state index in [2.05, 4.69) is 5.32 Å². The number of nitrogens with one attached hydrogen (secondary N) is 1. The molecule has 0 saturated heterocycles. The zero-order valence-corrected chi connectivity index (χ0v) is 14.3. The van der Waals surface area contributed by atoms with Crippen LogP contribution >= 0.6 is 0 Å². The third-order valence-electron chi connectivity index (χ3n) is 3.61. The monoisotopic (exact) mass is 361 g/mol. The third-order valence-corrected chi connectivity index (χ3v) is 3.61. The van der Waals surface area contributed by atoms with Gasteiger partial charge >= 0.3 is 5.97 Å². The number of hydrogen-bond donors (Lipinski definition) is 2. The number of aliphatic carboxylic acids is 1. The smallest absolute Gasteiger partial charge is 0.341 e. The van der Waals surface area contributed by atoms with Gasteiger partial charge in [-0.15, -0.1) is 0 Å². The fourth-order valence-electron chi connectivity index (χ4n) is 2.36. The number of rotatable bonds is 9. The molecule has 0 atom stereocenters. The number of carbonyl (C=O) groups excluding carboxylic acids is 1. The zero-order valence-electron chi connectivity index (χ0n) is 14.3. The lowest BCUT2D eigenvalue weighted by molar-refractivity contribution is -0.139. The molecule has 7 heteroatoms. The third kappa shape index (κ3) is 6.08. The topological polar surface area (TPSA) is 84.9 Å². The van der Waals surface area contributed by atoms with Gasteiger partial charge in [-0.2, -0.15) is 0 Å². The van der Waals surface area contributed by atoms with Crippen molar-refractivity contribution in [1.82, 2.24) is 5.32 Å². The van der Waals surface area contributed by atoms with Gasteiger partial charge in [0.15, 0.2) is 6.61 Å². The van der Waals surface area contributed by atoms with Crippen molar-refractivity contribution in [3.63, 3.8) is 0 Å². The van der Waals surface area contributed by atoms with Gasteiger partial charge in [0.05, 0.1) is 13.5 Å². The maximum atomic E-state index is 13.3. The molecule has 0 saturated carbocycles. The number of halogens is 1. The number of carbonyl (C=O) groups is 2. The largest absolute Gasteiger partial charge is 0.496 e. The SMILES string of the molecule is COc1ccc(F)cc1CC(=O)NCCc1ccc(OCC(=O)O)cc1. The molecule has 26 heavy (non-hydrogen) atoms. The van der Waals surface area contributed by atoms with Crippen LogP contribution in [-0.2, 0) is 22.4 Å². The summed E-state index contributed by atoms with van der Waals surface area (Å²) in [6, 6.07) is 11.0. The number of methoxy groups -OCH3 is 1. The molecule has 0 unspecified atom stereocenters. The van der Waals surface area contributed by atoms with E-state index in [4.69, 9.17) is 14.6 Å². The van der Waals surface area contributed by atoms with E-state index in [1.807, 2.05) is 0 Å². The molecule has 2 aromatic rings. The van der Waals surface area contributed by atoms with Crippen molar-refractivity contribution >= 4 is 11.9 Å². The van der Waals surface area contributed by atoms with Crippen LogP contribution in [0, 0.1) is 5.82 Å². The van der Waals surface area contributed by atoms with Crippen LogP contribution < -0.4 is 14.8 Å². The van der Waals surface area contributed by atoms with E-state index in [9.17, 15) is 14.0 Å². The summed E-state index contributed by atoms with van der Waals surface area (Å²) in [6.07, 6.45) is 0.633. The number of carboxylic acids is 1. The molecule has 138 valence electrons. The lowest BCUT2D eigenvalue weighted by atomic mass is 10.1. The van der Waals surface area contributed by atoms with E-state index in [-0.39, 0.29) is 18.9 Å². The first-order valence-electron chi connectivity index (χ1n) is 8.00. The minimum Gasteiger partial charge on any atom is -0.496 e. The van der Waals surface area contributed by atoms with Crippen LogP contribution in [0.1, 0.15) is 11.1 Å². The summed E-state index contributed by atoms with van der Waals surface area (Å²) in [5.74, 6) is -0.738. The van der Waals surface area contributed by atoms with Gasteiger partial charge in [-0.05, 0) is 42.3 Å². The van der Waals surface area contributed by atoms with Crippen molar-refractivity contribution < 1.29 is 28.6 Å². The molecule has 0 radical (unpaired) electrons. The molecule has 0 heterocycles. The van der Waals surface area contributed by atoms with Crippen LogP contribution in [0.15, 0.2) is 42.5 Å². The van der Waals surface area contributed by atoms with Crippen molar-refractivity contribution in [2.75, 3.05) is 20.3 Å². The van der Waals surface area contributed by atoms with E-state index in [1.54, 1.807) is 24.3 Å². The maximum Gasteiger partial charge on any atom is 0.341 e. The van der Waals surface area contributed by atoms with Gasteiger partial charge in [-0.3, -0.25) is 4.79 Å². The van der Waals surface area contributed by atoms with E-state index >= 15 is 0 Å². The maximum absolute atomic E-state index is 13.3. The molecule has 2 N–H and O–H groups in total. The summed E-state index contributed by atoms with van der Waals surface area (Å²) in [4.78, 5) is 22.5. The van der Waals surface area contributed by atoms with E-state index in [1.165, 1.54) is 25.3 Å². The van der Waals surface area contributed by atoms with Crippen LogP contribution in [0.25, 0.3) is 0 Å². The Hall–Kier alpha value is -3.09. The van der Waals surface area contributed by atoms with E-state index in [0.717, 1.165) is 5.56 Å². The lowest BCUT2D eigenvalue weighted by Gasteiger charge is -2.10. The first kappa shape index (κ1) is 19.2. The minimum absolute atomic E-state index is 0.0307. The first-order valence-corrected chi connectivity index (χ1v) is 8.00. The Labute approximate surface area is 150 Å². The predicted octanol–water partition coefficient (Wildman–Crippen LogP) is 2.20. The molecule has 0 aliphatic carbocycles. The standard InChI is InChI=1S/C19H20FNO5/c1-25-17-7-4-15(20)10-14(17)11-18(22)21-9-8-13-2-5-16(6-3-13)26-12-19(23)24/h2-7,10H,8-9,11-12H2,1H3,(H,21,22)(H,23,24). The quantitative estimate of drug-likeness (QED) is 0.715. The second-order valence-electron chi connectivity index (χ2n) is 5.56. The van der Waals surface area contributed by atoms with Gasteiger partial charge in [0, 0.05) is 12.1 Å². The van der Waals surface area contributed by atoms with Crippen LogP contribution in [0.3, 0.4) is 0 Å². The molecule has 0 aliphatic rings. The molecule has 0 aromatic heterocycles. The van der Waals surface area contributed by atoms with E-state index in [0.29, 0.717) is 30.0 Å². The predicted molar refractivity (Wildman–Crippen MR) is 92.9 cm³/mol. The number of ether oxygens (including phenoxy) is 2. The van der Waals surface area contributed by atoms with Gasteiger partial charge < -0.3 is 19.9 Å².